The average molecular weight is 448 g/mol. The molecule has 5 rings (SSSR count). The van der Waals surface area contributed by atoms with Gasteiger partial charge in [-0.3, -0.25) is 9.69 Å². The molecule has 1 aliphatic carbocycles. The number of rotatable bonds is 7. The molecule has 1 amide bonds. The van der Waals surface area contributed by atoms with Crippen molar-refractivity contribution < 1.29 is 19.1 Å². The van der Waals surface area contributed by atoms with Gasteiger partial charge in [-0.1, -0.05) is 68.3 Å². The van der Waals surface area contributed by atoms with Crippen LogP contribution in [0.4, 0.5) is 4.79 Å². The van der Waals surface area contributed by atoms with Crippen molar-refractivity contribution in [2.45, 2.75) is 63.5 Å². The monoisotopic (exact) mass is 447 g/mol. The van der Waals surface area contributed by atoms with Gasteiger partial charge < -0.3 is 9.47 Å². The van der Waals surface area contributed by atoms with E-state index in [2.05, 4.69) is 43.3 Å². The largest absolute Gasteiger partial charge is 0.448 e. The van der Waals surface area contributed by atoms with Gasteiger partial charge in [-0.05, 0) is 41.5 Å². The summed E-state index contributed by atoms with van der Waals surface area (Å²) in [5, 5.41) is 0. The molecule has 0 aromatic heterocycles. The minimum absolute atomic E-state index is 0.0402. The van der Waals surface area contributed by atoms with Gasteiger partial charge >= 0.3 is 6.09 Å². The summed E-state index contributed by atoms with van der Waals surface area (Å²) in [5.74, 6) is 0.445. The molecule has 33 heavy (non-hydrogen) atoms. The van der Waals surface area contributed by atoms with Crippen molar-refractivity contribution in [3.63, 3.8) is 0 Å². The highest BCUT2D eigenvalue weighted by atomic mass is 16.6. The Morgan fingerprint density at radius 3 is 2.15 bits per heavy atom. The summed E-state index contributed by atoms with van der Waals surface area (Å²) in [6, 6.07) is 16.6. The summed E-state index contributed by atoms with van der Waals surface area (Å²) < 4.78 is 11.7. The lowest BCUT2D eigenvalue weighted by atomic mass is 9.81. The van der Waals surface area contributed by atoms with Crippen LogP contribution in [0.1, 0.15) is 62.5 Å². The Kier molecular flexibility index (Phi) is 6.50. The molecule has 174 valence electrons. The van der Waals surface area contributed by atoms with E-state index in [4.69, 9.17) is 9.47 Å². The van der Waals surface area contributed by atoms with Crippen LogP contribution in [0.15, 0.2) is 48.5 Å². The number of morpholine rings is 1. The lowest BCUT2D eigenvalue weighted by Crippen LogP contribution is -2.60. The smallest absolute Gasteiger partial charge is 0.410 e. The summed E-state index contributed by atoms with van der Waals surface area (Å²) in [7, 11) is 0. The summed E-state index contributed by atoms with van der Waals surface area (Å²) in [6.07, 6.45) is 4.94. The van der Waals surface area contributed by atoms with Crippen LogP contribution >= 0.6 is 0 Å². The van der Waals surface area contributed by atoms with E-state index in [1.807, 2.05) is 17.0 Å². The first-order valence-corrected chi connectivity index (χ1v) is 12.4. The second-order valence-corrected chi connectivity index (χ2v) is 9.65. The maximum Gasteiger partial charge on any atom is 0.410 e. The number of Topliss-reactive ketones (excluding diaryl/α,β-unsaturated/α-hetero) is 1. The number of unbranched alkanes of at least 4 members (excludes halogenated alkanes) is 2. The number of carbonyl (C=O) groups is 2. The van der Waals surface area contributed by atoms with Gasteiger partial charge in [-0.2, -0.15) is 0 Å². The Bertz CT molecular complexity index is 959. The first-order valence-electron chi connectivity index (χ1n) is 12.4. The molecule has 5 heteroatoms. The molecule has 0 radical (unpaired) electrons. The van der Waals surface area contributed by atoms with Crippen molar-refractivity contribution in [3.05, 3.63) is 59.7 Å². The summed E-state index contributed by atoms with van der Waals surface area (Å²) in [5.41, 5.74) is 4.88. The van der Waals surface area contributed by atoms with Gasteiger partial charge in [0.15, 0.2) is 0 Å². The van der Waals surface area contributed by atoms with Crippen molar-refractivity contribution in [1.29, 1.82) is 0 Å². The molecule has 2 saturated heterocycles. The maximum absolute atomic E-state index is 13.2. The molecule has 2 fully saturated rings. The standard InChI is InChI=1S/C28H33NO4/c1-2-3-4-13-27(30)19-14-20-16-32-17-21(15-19)29(20)28(31)33-18-26-24-11-7-5-9-22(24)23-10-6-8-12-25(23)26/h5-12,19-21,26H,2-4,13-18H2,1H3. The fourth-order valence-corrected chi connectivity index (χ4v) is 5.90. The zero-order chi connectivity index (χ0) is 22.8. The Morgan fingerprint density at radius 1 is 0.939 bits per heavy atom. The third kappa shape index (κ3) is 4.31. The summed E-state index contributed by atoms with van der Waals surface area (Å²) >= 11 is 0. The number of ketones is 1. The molecule has 2 atom stereocenters. The van der Waals surface area contributed by atoms with Crippen molar-refractivity contribution in [1.82, 2.24) is 4.90 Å². The normalized spacial score (nSPS) is 23.7. The number of nitrogens with zero attached hydrogens (tertiary/aromatic N) is 1. The first-order chi connectivity index (χ1) is 16.2. The van der Waals surface area contributed by atoms with Crippen molar-refractivity contribution in [2.24, 2.45) is 5.92 Å². The number of hydrogen-bond donors (Lipinski definition) is 0. The average Bonchev–Trinajstić information content (AvgIpc) is 3.15. The lowest BCUT2D eigenvalue weighted by molar-refractivity contribution is -0.131. The molecule has 0 N–H and O–H groups in total. The number of piperidine rings is 1. The van der Waals surface area contributed by atoms with Gasteiger partial charge in [0, 0.05) is 18.3 Å². The molecule has 2 aromatic rings. The minimum atomic E-state index is -0.271. The SMILES string of the molecule is CCCCCC(=O)C1CC2COCC(C1)N2C(=O)OCC1c2ccccc2-c2ccccc21. The van der Waals surface area contributed by atoms with Crippen LogP contribution in [0, 0.1) is 5.92 Å². The molecular weight excluding hydrogens is 414 g/mol. The first kappa shape index (κ1) is 22.1. The van der Waals surface area contributed by atoms with Gasteiger partial charge in [0.1, 0.15) is 12.4 Å². The van der Waals surface area contributed by atoms with E-state index in [0.29, 0.717) is 44.9 Å². The number of amides is 1. The Balaban J connectivity index is 1.25. The van der Waals surface area contributed by atoms with E-state index in [9.17, 15) is 9.59 Å². The van der Waals surface area contributed by atoms with Crippen molar-refractivity contribution >= 4 is 11.9 Å². The lowest BCUT2D eigenvalue weighted by Gasteiger charge is -2.47. The van der Waals surface area contributed by atoms with Gasteiger partial charge in [-0.25, -0.2) is 4.79 Å². The summed E-state index contributed by atoms with van der Waals surface area (Å²) in [4.78, 5) is 27.8. The van der Waals surface area contributed by atoms with Gasteiger partial charge in [0.25, 0.3) is 0 Å². The highest BCUT2D eigenvalue weighted by Crippen LogP contribution is 2.44. The molecule has 2 aromatic carbocycles. The Morgan fingerprint density at radius 2 is 1.55 bits per heavy atom. The van der Waals surface area contributed by atoms with Crippen LogP contribution in [-0.2, 0) is 14.3 Å². The molecule has 5 nitrogen and oxygen atoms in total. The predicted molar refractivity (Wildman–Crippen MR) is 127 cm³/mol. The molecule has 0 spiro atoms. The quantitative estimate of drug-likeness (QED) is 0.521. The molecule has 2 aliphatic heterocycles. The summed E-state index contributed by atoms with van der Waals surface area (Å²) in [6.45, 7) is 3.45. The van der Waals surface area contributed by atoms with E-state index in [0.717, 1.165) is 19.3 Å². The van der Waals surface area contributed by atoms with Gasteiger partial charge in [0.05, 0.1) is 25.3 Å². The Hall–Kier alpha value is -2.66. The maximum atomic E-state index is 13.2. The number of ether oxygens (including phenoxy) is 2. The van der Waals surface area contributed by atoms with E-state index in [-0.39, 0.29) is 30.0 Å². The molecule has 2 unspecified atom stereocenters. The Labute approximate surface area is 196 Å². The van der Waals surface area contributed by atoms with Crippen LogP contribution in [0.3, 0.4) is 0 Å². The number of carbonyl (C=O) groups excluding carboxylic acids is 2. The van der Waals surface area contributed by atoms with E-state index >= 15 is 0 Å². The van der Waals surface area contributed by atoms with E-state index < -0.39 is 0 Å². The highest BCUT2D eigenvalue weighted by Gasteiger charge is 2.44. The number of hydrogen-bond acceptors (Lipinski definition) is 4. The van der Waals surface area contributed by atoms with Crippen LogP contribution in [0.2, 0.25) is 0 Å². The third-order valence-corrected chi connectivity index (χ3v) is 7.55. The minimum Gasteiger partial charge on any atom is -0.448 e. The predicted octanol–water partition coefficient (Wildman–Crippen LogP) is 5.56. The second-order valence-electron chi connectivity index (χ2n) is 9.65. The molecule has 0 saturated carbocycles. The van der Waals surface area contributed by atoms with E-state index in [1.165, 1.54) is 22.3 Å². The molecular formula is C28H33NO4. The van der Waals surface area contributed by atoms with Crippen molar-refractivity contribution in [3.8, 4) is 11.1 Å². The molecule has 3 aliphatic rings. The third-order valence-electron chi connectivity index (χ3n) is 7.55. The van der Waals surface area contributed by atoms with E-state index in [1.54, 1.807) is 0 Å². The van der Waals surface area contributed by atoms with Crippen LogP contribution in [0.5, 0.6) is 0 Å². The van der Waals surface area contributed by atoms with Crippen molar-refractivity contribution in [2.75, 3.05) is 19.8 Å². The topological polar surface area (TPSA) is 55.8 Å². The number of benzene rings is 2. The second kappa shape index (κ2) is 9.68. The van der Waals surface area contributed by atoms with Gasteiger partial charge in [-0.15, -0.1) is 0 Å². The highest BCUT2D eigenvalue weighted by molar-refractivity contribution is 5.82. The zero-order valence-electron chi connectivity index (χ0n) is 19.4. The van der Waals surface area contributed by atoms with Crippen LogP contribution in [-0.4, -0.2) is 48.7 Å². The fourth-order valence-electron chi connectivity index (χ4n) is 5.90. The fraction of sp³-hybridized carbons (Fsp3) is 0.500. The molecule has 2 bridgehead atoms. The van der Waals surface area contributed by atoms with Crippen LogP contribution in [0.25, 0.3) is 11.1 Å². The van der Waals surface area contributed by atoms with Crippen LogP contribution < -0.4 is 0 Å². The number of fused-ring (bicyclic) bond motifs is 5. The molecule has 2 heterocycles. The zero-order valence-corrected chi connectivity index (χ0v) is 19.4. The van der Waals surface area contributed by atoms with Gasteiger partial charge in [0.2, 0.25) is 0 Å².